The molecule has 0 saturated carbocycles. The van der Waals surface area contributed by atoms with Crippen LogP contribution in [0.4, 0.5) is 0 Å². The van der Waals surface area contributed by atoms with Gasteiger partial charge in [0.2, 0.25) is 11.8 Å². The third-order valence-corrected chi connectivity index (χ3v) is 3.47. The van der Waals surface area contributed by atoms with Gasteiger partial charge >= 0.3 is 0 Å². The smallest absolute Gasteiger partial charge is 0.245 e. The van der Waals surface area contributed by atoms with Crippen molar-refractivity contribution in [1.82, 2.24) is 10.2 Å². The van der Waals surface area contributed by atoms with Crippen molar-refractivity contribution in [3.05, 3.63) is 0 Å². The van der Waals surface area contributed by atoms with E-state index in [-0.39, 0.29) is 30.3 Å². The van der Waals surface area contributed by atoms with Crippen molar-refractivity contribution in [3.63, 3.8) is 0 Å². The van der Waals surface area contributed by atoms with E-state index in [0.29, 0.717) is 6.54 Å². The average Bonchev–Trinajstić information content (AvgIpc) is 2.32. The van der Waals surface area contributed by atoms with E-state index in [1.165, 1.54) is 0 Å². The first kappa shape index (κ1) is 14.0. The molecule has 1 N–H and O–H groups in total. The lowest BCUT2D eigenvalue weighted by molar-refractivity contribution is -0.145. The lowest BCUT2D eigenvalue weighted by Gasteiger charge is -2.35. The third kappa shape index (κ3) is 3.72. The van der Waals surface area contributed by atoms with Gasteiger partial charge in [-0.25, -0.2) is 0 Å². The fraction of sp³-hybridized carbons (Fsp3) is 0.846. The number of carbonyl (C=O) groups excluding carboxylic acids is 2. The number of rotatable bonds is 6. The Kier molecular flexibility index (Phi) is 5.45. The summed E-state index contributed by atoms with van der Waals surface area (Å²) in [6.45, 7) is 7.13. The SMILES string of the molecule is CCCCCN1CC(=O)NC(C(C)CC)C1=O. The van der Waals surface area contributed by atoms with Crippen LogP contribution in [0.2, 0.25) is 0 Å². The summed E-state index contributed by atoms with van der Waals surface area (Å²) in [5.74, 6) is 0.280. The summed E-state index contributed by atoms with van der Waals surface area (Å²) < 4.78 is 0. The number of piperazine rings is 1. The maximum atomic E-state index is 12.2. The fourth-order valence-corrected chi connectivity index (χ4v) is 2.09. The summed E-state index contributed by atoms with van der Waals surface area (Å²) >= 11 is 0. The summed E-state index contributed by atoms with van der Waals surface area (Å²) in [6, 6.07) is -0.317. The van der Waals surface area contributed by atoms with Crippen LogP contribution in [0, 0.1) is 5.92 Å². The summed E-state index contributed by atoms with van der Waals surface area (Å²) in [7, 11) is 0. The second kappa shape index (κ2) is 6.62. The highest BCUT2D eigenvalue weighted by molar-refractivity contribution is 5.94. The molecule has 0 spiro atoms. The van der Waals surface area contributed by atoms with Crippen LogP contribution in [0.1, 0.15) is 46.5 Å². The van der Waals surface area contributed by atoms with Gasteiger partial charge in [-0.05, 0) is 12.3 Å². The van der Waals surface area contributed by atoms with Gasteiger partial charge in [0.05, 0.1) is 6.54 Å². The first-order valence-electron chi connectivity index (χ1n) is 6.68. The van der Waals surface area contributed by atoms with Gasteiger partial charge in [0.1, 0.15) is 6.04 Å². The molecule has 0 aromatic heterocycles. The van der Waals surface area contributed by atoms with E-state index in [2.05, 4.69) is 12.2 Å². The molecule has 2 atom stereocenters. The molecule has 1 aliphatic heterocycles. The van der Waals surface area contributed by atoms with Crippen molar-refractivity contribution in [1.29, 1.82) is 0 Å². The molecule has 17 heavy (non-hydrogen) atoms. The van der Waals surface area contributed by atoms with Gasteiger partial charge in [0.15, 0.2) is 0 Å². The number of hydrogen-bond donors (Lipinski definition) is 1. The number of carbonyl (C=O) groups is 2. The first-order valence-corrected chi connectivity index (χ1v) is 6.68. The molecule has 1 saturated heterocycles. The Hall–Kier alpha value is -1.06. The highest BCUT2D eigenvalue weighted by atomic mass is 16.2. The standard InChI is InChI=1S/C13H24N2O2/c1-4-6-7-8-15-9-11(16)14-12(13(15)17)10(3)5-2/h10,12H,4-9H2,1-3H3,(H,14,16). The normalized spacial score (nSPS) is 22.5. The summed E-state index contributed by atoms with van der Waals surface area (Å²) in [4.78, 5) is 25.5. The van der Waals surface area contributed by atoms with Gasteiger partial charge in [-0.2, -0.15) is 0 Å². The molecule has 0 aromatic carbocycles. The molecular weight excluding hydrogens is 216 g/mol. The molecule has 4 heteroatoms. The Morgan fingerprint density at radius 1 is 1.35 bits per heavy atom. The highest BCUT2D eigenvalue weighted by Crippen LogP contribution is 2.14. The van der Waals surface area contributed by atoms with Crippen LogP contribution in [0.5, 0.6) is 0 Å². The Balaban J connectivity index is 2.58. The second-order valence-electron chi connectivity index (χ2n) is 4.90. The predicted octanol–water partition coefficient (Wildman–Crippen LogP) is 1.55. The van der Waals surface area contributed by atoms with E-state index < -0.39 is 0 Å². The fourth-order valence-electron chi connectivity index (χ4n) is 2.09. The molecule has 2 unspecified atom stereocenters. The van der Waals surface area contributed by atoms with Crippen LogP contribution < -0.4 is 5.32 Å². The monoisotopic (exact) mass is 240 g/mol. The Labute approximate surface area is 104 Å². The van der Waals surface area contributed by atoms with Crippen LogP contribution >= 0.6 is 0 Å². The molecule has 1 rings (SSSR count). The molecule has 1 aliphatic rings. The van der Waals surface area contributed by atoms with Gasteiger partial charge in [-0.15, -0.1) is 0 Å². The molecule has 98 valence electrons. The average molecular weight is 240 g/mol. The minimum absolute atomic E-state index is 0.0219. The van der Waals surface area contributed by atoms with Crippen molar-refractivity contribution in [3.8, 4) is 0 Å². The van der Waals surface area contributed by atoms with Gasteiger partial charge < -0.3 is 10.2 Å². The van der Waals surface area contributed by atoms with Crippen LogP contribution in [0.15, 0.2) is 0 Å². The molecule has 0 radical (unpaired) electrons. The maximum Gasteiger partial charge on any atom is 0.245 e. The van der Waals surface area contributed by atoms with Crippen LogP contribution in [0.3, 0.4) is 0 Å². The number of amides is 2. The molecule has 2 amide bonds. The van der Waals surface area contributed by atoms with E-state index in [9.17, 15) is 9.59 Å². The van der Waals surface area contributed by atoms with E-state index in [1.54, 1.807) is 4.90 Å². The topological polar surface area (TPSA) is 49.4 Å². The number of unbranched alkanes of at least 4 members (excludes halogenated alkanes) is 2. The van der Waals surface area contributed by atoms with Gasteiger partial charge in [-0.3, -0.25) is 9.59 Å². The van der Waals surface area contributed by atoms with E-state index in [4.69, 9.17) is 0 Å². The Bertz CT molecular complexity index is 279. The van der Waals surface area contributed by atoms with Crippen molar-refractivity contribution >= 4 is 11.8 Å². The number of nitrogens with one attached hydrogen (secondary N) is 1. The van der Waals surface area contributed by atoms with Crippen molar-refractivity contribution in [2.75, 3.05) is 13.1 Å². The quantitative estimate of drug-likeness (QED) is 0.716. The molecule has 0 aliphatic carbocycles. The van der Waals surface area contributed by atoms with Crippen LogP contribution in [0.25, 0.3) is 0 Å². The van der Waals surface area contributed by atoms with E-state index in [1.807, 2.05) is 13.8 Å². The molecule has 0 aromatic rings. The first-order chi connectivity index (χ1) is 8.10. The zero-order valence-corrected chi connectivity index (χ0v) is 11.2. The lowest BCUT2D eigenvalue weighted by Crippen LogP contribution is -2.60. The van der Waals surface area contributed by atoms with E-state index >= 15 is 0 Å². The minimum Gasteiger partial charge on any atom is -0.342 e. The van der Waals surface area contributed by atoms with Crippen molar-refractivity contribution in [2.45, 2.75) is 52.5 Å². The van der Waals surface area contributed by atoms with Crippen LogP contribution in [-0.2, 0) is 9.59 Å². The Morgan fingerprint density at radius 3 is 2.65 bits per heavy atom. The zero-order valence-electron chi connectivity index (χ0n) is 11.2. The largest absolute Gasteiger partial charge is 0.342 e. The predicted molar refractivity (Wildman–Crippen MR) is 67.5 cm³/mol. The second-order valence-corrected chi connectivity index (χ2v) is 4.90. The zero-order chi connectivity index (χ0) is 12.8. The third-order valence-electron chi connectivity index (χ3n) is 3.47. The maximum absolute atomic E-state index is 12.2. The summed E-state index contributed by atoms with van der Waals surface area (Å²) in [5.41, 5.74) is 0. The minimum atomic E-state index is -0.317. The van der Waals surface area contributed by atoms with Crippen LogP contribution in [-0.4, -0.2) is 35.8 Å². The van der Waals surface area contributed by atoms with Crippen molar-refractivity contribution in [2.24, 2.45) is 5.92 Å². The van der Waals surface area contributed by atoms with Gasteiger partial charge in [0.25, 0.3) is 0 Å². The molecule has 1 fully saturated rings. The molecular formula is C13H24N2O2. The molecule has 0 bridgehead atoms. The molecule has 1 heterocycles. The molecule has 4 nitrogen and oxygen atoms in total. The lowest BCUT2D eigenvalue weighted by atomic mass is 9.96. The van der Waals surface area contributed by atoms with Crippen molar-refractivity contribution < 1.29 is 9.59 Å². The number of nitrogens with zero attached hydrogens (tertiary/aromatic N) is 1. The van der Waals surface area contributed by atoms with E-state index in [0.717, 1.165) is 25.7 Å². The number of hydrogen-bond acceptors (Lipinski definition) is 2. The summed E-state index contributed by atoms with van der Waals surface area (Å²) in [6.07, 6.45) is 4.13. The van der Waals surface area contributed by atoms with Gasteiger partial charge in [0, 0.05) is 6.54 Å². The highest BCUT2D eigenvalue weighted by Gasteiger charge is 2.34. The van der Waals surface area contributed by atoms with Gasteiger partial charge in [-0.1, -0.05) is 40.0 Å². The Morgan fingerprint density at radius 2 is 2.06 bits per heavy atom. The summed E-state index contributed by atoms with van der Waals surface area (Å²) in [5, 5.41) is 2.81.